The van der Waals surface area contributed by atoms with Crippen LogP contribution in [0.2, 0.25) is 0 Å². The largest absolute Gasteiger partial charge is 0.507 e. The van der Waals surface area contributed by atoms with Crippen LogP contribution in [-0.4, -0.2) is 17.4 Å². The highest BCUT2D eigenvalue weighted by Crippen LogP contribution is 2.40. The molecule has 0 bridgehead atoms. The van der Waals surface area contributed by atoms with E-state index in [2.05, 4.69) is 0 Å². The van der Waals surface area contributed by atoms with Crippen molar-refractivity contribution in [2.75, 3.05) is 0 Å². The fourth-order valence-corrected chi connectivity index (χ4v) is 3.49. The van der Waals surface area contributed by atoms with Gasteiger partial charge in [0.25, 0.3) is 6.29 Å². The molecule has 0 radical (unpaired) electrons. The fourth-order valence-electron chi connectivity index (χ4n) is 3.49. The second-order valence-electron chi connectivity index (χ2n) is 6.69. The van der Waals surface area contributed by atoms with Crippen molar-refractivity contribution in [2.45, 2.75) is 13.2 Å². The molecule has 0 saturated carbocycles. The van der Waals surface area contributed by atoms with Crippen LogP contribution >= 0.6 is 0 Å². The van der Waals surface area contributed by atoms with E-state index in [9.17, 15) is 14.7 Å². The Morgan fingerprint density at radius 3 is 2.64 bits per heavy atom. The van der Waals surface area contributed by atoms with E-state index in [-0.39, 0.29) is 11.3 Å². The quantitative estimate of drug-likeness (QED) is 0.516. The molecule has 0 saturated heterocycles. The summed E-state index contributed by atoms with van der Waals surface area (Å²) in [5.41, 5.74) is 2.09. The molecule has 1 atom stereocenters. The average molecular weight is 374 g/mol. The maximum atomic E-state index is 12.7. The van der Waals surface area contributed by atoms with Gasteiger partial charge in [-0.05, 0) is 36.8 Å². The first kappa shape index (κ1) is 16.4. The number of carbonyl (C=O) groups is 1. The first-order valence-corrected chi connectivity index (χ1v) is 8.68. The molecule has 28 heavy (non-hydrogen) atoms. The summed E-state index contributed by atoms with van der Waals surface area (Å²) >= 11 is 0. The first-order chi connectivity index (χ1) is 13.5. The first-order valence-electron chi connectivity index (χ1n) is 8.68. The number of hydrogen-bond donors (Lipinski definition) is 1. The molecular weight excluding hydrogens is 360 g/mol. The molecule has 0 amide bonds. The number of aliphatic hydroxyl groups is 1. The van der Waals surface area contributed by atoms with Gasteiger partial charge in [0.05, 0.1) is 16.7 Å². The van der Waals surface area contributed by atoms with Gasteiger partial charge in [-0.3, -0.25) is 0 Å². The Kier molecular flexibility index (Phi) is 3.42. The van der Waals surface area contributed by atoms with Crippen molar-refractivity contribution in [3.63, 3.8) is 0 Å². The number of para-hydroxylation sites is 1. The van der Waals surface area contributed by atoms with E-state index in [0.717, 1.165) is 5.56 Å². The maximum Gasteiger partial charge on any atom is 0.342 e. The number of aliphatic hydroxyl groups excluding tert-OH is 1. The van der Waals surface area contributed by atoms with Crippen LogP contribution < -0.4 is 10.4 Å². The monoisotopic (exact) mass is 374 g/mol. The van der Waals surface area contributed by atoms with Crippen molar-refractivity contribution in [2.24, 2.45) is 0 Å². The number of benzene rings is 2. The van der Waals surface area contributed by atoms with E-state index in [0.29, 0.717) is 33.4 Å². The maximum absolute atomic E-state index is 12.7. The van der Waals surface area contributed by atoms with Gasteiger partial charge in [0.1, 0.15) is 17.1 Å². The Labute approximate surface area is 158 Å². The van der Waals surface area contributed by atoms with E-state index in [4.69, 9.17) is 13.9 Å². The van der Waals surface area contributed by atoms with Gasteiger partial charge < -0.3 is 19.0 Å². The van der Waals surface area contributed by atoms with Crippen LogP contribution in [0.4, 0.5) is 0 Å². The smallest absolute Gasteiger partial charge is 0.342 e. The highest BCUT2D eigenvalue weighted by molar-refractivity contribution is 6.21. The zero-order valence-corrected chi connectivity index (χ0v) is 14.8. The van der Waals surface area contributed by atoms with Gasteiger partial charge >= 0.3 is 11.6 Å². The summed E-state index contributed by atoms with van der Waals surface area (Å²) in [5.74, 6) is -0.243. The van der Waals surface area contributed by atoms with Gasteiger partial charge in [-0.1, -0.05) is 24.3 Å². The molecule has 0 aliphatic carbocycles. The summed E-state index contributed by atoms with van der Waals surface area (Å²) in [7, 11) is 0. The molecule has 3 heterocycles. The molecule has 0 spiro atoms. The van der Waals surface area contributed by atoms with E-state index >= 15 is 0 Å². The summed E-state index contributed by atoms with van der Waals surface area (Å²) in [6, 6.07) is 13.6. The molecule has 5 rings (SSSR count). The molecule has 138 valence electrons. The highest BCUT2D eigenvalue weighted by atomic mass is 16.7. The Hall–Kier alpha value is -3.80. The van der Waals surface area contributed by atoms with Crippen LogP contribution in [0.1, 0.15) is 16.7 Å². The third-order valence-electron chi connectivity index (χ3n) is 4.83. The molecule has 1 unspecified atom stereocenters. The van der Waals surface area contributed by atoms with Crippen molar-refractivity contribution in [1.82, 2.24) is 0 Å². The minimum Gasteiger partial charge on any atom is -0.507 e. The molecule has 2 aliphatic heterocycles. The summed E-state index contributed by atoms with van der Waals surface area (Å²) in [5, 5.41) is 11.3. The summed E-state index contributed by atoms with van der Waals surface area (Å²) in [6.45, 7) is 1.88. The highest BCUT2D eigenvalue weighted by Gasteiger charge is 2.36. The van der Waals surface area contributed by atoms with Crippen LogP contribution in [0.3, 0.4) is 0 Å². The average Bonchev–Trinajstić information content (AvgIpc) is 2.67. The minimum atomic E-state index is -1.04. The molecule has 3 aromatic rings. The lowest BCUT2D eigenvalue weighted by molar-refractivity contribution is -0.152. The normalized spacial score (nSPS) is 18.1. The van der Waals surface area contributed by atoms with E-state index in [1.54, 1.807) is 36.4 Å². The van der Waals surface area contributed by atoms with Crippen LogP contribution in [0.5, 0.6) is 5.75 Å². The number of esters is 1. The number of fused-ring (bicyclic) bond motifs is 3. The lowest BCUT2D eigenvalue weighted by atomic mass is 9.94. The van der Waals surface area contributed by atoms with E-state index in [1.165, 1.54) is 12.1 Å². The number of rotatable bonds is 1. The number of carbonyl (C=O) groups excluding carboxylic acids is 1. The Morgan fingerprint density at radius 2 is 1.79 bits per heavy atom. The Morgan fingerprint density at radius 1 is 0.964 bits per heavy atom. The van der Waals surface area contributed by atoms with Crippen molar-refractivity contribution in [3.8, 4) is 5.75 Å². The Balaban J connectivity index is 1.75. The SMILES string of the molecule is Cc1ccc2c(C3=CC4=C(O)c5ccccc5OC4OC3=O)cc(=O)oc2c1. The van der Waals surface area contributed by atoms with Crippen molar-refractivity contribution in [1.29, 1.82) is 0 Å². The zero-order chi connectivity index (χ0) is 19.4. The molecule has 1 aromatic heterocycles. The zero-order valence-electron chi connectivity index (χ0n) is 14.8. The summed E-state index contributed by atoms with van der Waals surface area (Å²) in [6.07, 6.45) is 0.468. The standard InChI is InChI=1S/C22H14O6/c1-11-6-7-12-14(10-19(23)26-18(12)8-11)15-9-16-20(24)13-4-2-3-5-17(13)27-22(16)28-21(15)25/h2-10,22,24H,1H3. The molecule has 2 aliphatic rings. The van der Waals surface area contributed by atoms with Gasteiger partial charge in [0.15, 0.2) is 0 Å². The third kappa shape index (κ3) is 2.42. The fraction of sp³-hybridized carbons (Fsp3) is 0.0909. The third-order valence-corrected chi connectivity index (χ3v) is 4.83. The van der Waals surface area contributed by atoms with E-state index in [1.807, 2.05) is 13.0 Å². The molecule has 6 heteroatoms. The van der Waals surface area contributed by atoms with Gasteiger partial charge in [-0.2, -0.15) is 0 Å². The van der Waals surface area contributed by atoms with Crippen molar-refractivity contribution in [3.05, 3.63) is 87.3 Å². The summed E-state index contributed by atoms with van der Waals surface area (Å²) in [4.78, 5) is 24.7. The second kappa shape index (κ2) is 5.85. The molecule has 0 fully saturated rings. The lowest BCUT2D eigenvalue weighted by Gasteiger charge is -2.30. The Bertz CT molecular complexity index is 1280. The van der Waals surface area contributed by atoms with E-state index < -0.39 is 17.9 Å². The molecule has 1 N–H and O–H groups in total. The van der Waals surface area contributed by atoms with Gasteiger partial charge in [-0.15, -0.1) is 0 Å². The van der Waals surface area contributed by atoms with Crippen LogP contribution in [0.15, 0.2) is 69.4 Å². The topological polar surface area (TPSA) is 86.0 Å². The predicted molar refractivity (Wildman–Crippen MR) is 102 cm³/mol. The lowest BCUT2D eigenvalue weighted by Crippen LogP contribution is -2.33. The van der Waals surface area contributed by atoms with Gasteiger partial charge in [0.2, 0.25) is 0 Å². The molecular formula is C22H14O6. The number of aryl methyl sites for hydroxylation is 1. The van der Waals surface area contributed by atoms with Crippen molar-refractivity contribution >= 4 is 28.3 Å². The number of hydrogen-bond acceptors (Lipinski definition) is 6. The molecule has 2 aromatic carbocycles. The van der Waals surface area contributed by atoms with Crippen LogP contribution in [0.25, 0.3) is 22.3 Å². The molecule has 6 nitrogen and oxygen atoms in total. The van der Waals surface area contributed by atoms with Gasteiger partial charge in [-0.25, -0.2) is 9.59 Å². The van der Waals surface area contributed by atoms with Gasteiger partial charge in [0, 0.05) is 17.0 Å². The van der Waals surface area contributed by atoms with Crippen LogP contribution in [-0.2, 0) is 9.53 Å². The summed E-state index contributed by atoms with van der Waals surface area (Å²) < 4.78 is 16.4. The predicted octanol–water partition coefficient (Wildman–Crippen LogP) is 3.73. The van der Waals surface area contributed by atoms with Crippen LogP contribution in [0, 0.1) is 6.92 Å². The van der Waals surface area contributed by atoms with Crippen molar-refractivity contribution < 1.29 is 23.8 Å². The minimum absolute atomic E-state index is 0.0278. The second-order valence-corrected chi connectivity index (χ2v) is 6.69. The number of ether oxygens (including phenoxy) is 2.